The fraction of sp³-hybridized carbons (Fsp3) is 0.300. The molecule has 0 amide bonds. The second-order valence-electron chi connectivity index (χ2n) is 5.77. The largest absolute Gasteiger partial charge is 0.490 e. The number of carbonyl (C=O) groups is 1. The number of rotatable bonds is 8. The lowest BCUT2D eigenvalue weighted by atomic mass is 9.91. The van der Waals surface area contributed by atoms with E-state index in [1.54, 1.807) is 49.4 Å². The summed E-state index contributed by atoms with van der Waals surface area (Å²) in [5.74, 6) is 0.0404. The number of nitriles is 1. The molecule has 2 rings (SSSR count). The Hall–Kier alpha value is -3.20. The van der Waals surface area contributed by atoms with Gasteiger partial charge in [-0.05, 0) is 62.7 Å². The van der Waals surface area contributed by atoms with Crippen LogP contribution in [0.1, 0.15) is 31.9 Å². The van der Waals surface area contributed by atoms with Crippen molar-refractivity contribution in [2.45, 2.75) is 26.3 Å². The quantitative estimate of drug-likeness (QED) is 0.750. The van der Waals surface area contributed by atoms with Gasteiger partial charge in [-0.15, -0.1) is 0 Å². The average molecular weight is 354 g/mol. The summed E-state index contributed by atoms with van der Waals surface area (Å²) in [5, 5.41) is 21.8. The molecule has 0 spiro atoms. The third-order valence-corrected chi connectivity index (χ3v) is 3.96. The van der Waals surface area contributed by atoms with Crippen molar-refractivity contribution in [2.75, 3.05) is 18.5 Å². The van der Waals surface area contributed by atoms with Gasteiger partial charge in [-0.3, -0.25) is 0 Å². The number of carboxylic acid groups (broad SMARTS) is 1. The van der Waals surface area contributed by atoms with Crippen LogP contribution in [0.2, 0.25) is 0 Å². The molecular weight excluding hydrogens is 332 g/mol. The minimum Gasteiger partial charge on any atom is -0.490 e. The van der Waals surface area contributed by atoms with Crippen LogP contribution in [-0.2, 0) is 10.3 Å². The molecule has 2 aromatic rings. The first-order chi connectivity index (χ1) is 12.4. The molecule has 2 aromatic carbocycles. The maximum absolute atomic E-state index is 12.0. The Labute approximate surface area is 153 Å². The molecule has 136 valence electrons. The number of nitrogens with one attached hydrogen (secondary N) is 1. The Kier molecular flexibility index (Phi) is 6.07. The van der Waals surface area contributed by atoms with Gasteiger partial charge in [0.15, 0.2) is 17.0 Å². The maximum Gasteiger partial charge on any atom is 0.333 e. The predicted octanol–water partition coefficient (Wildman–Crippen LogP) is 3.77. The molecule has 6 heteroatoms. The molecule has 0 heterocycles. The molecule has 0 aliphatic heterocycles. The summed E-state index contributed by atoms with van der Waals surface area (Å²) in [6, 6.07) is 13.8. The second-order valence-corrected chi connectivity index (χ2v) is 5.77. The molecule has 2 N–H and O–H groups in total. The van der Waals surface area contributed by atoms with E-state index in [0.29, 0.717) is 41.5 Å². The Morgan fingerprint density at radius 1 is 1.12 bits per heavy atom. The van der Waals surface area contributed by atoms with Crippen molar-refractivity contribution < 1.29 is 19.4 Å². The first-order valence-electron chi connectivity index (χ1n) is 8.36. The summed E-state index contributed by atoms with van der Waals surface area (Å²) in [4.78, 5) is 12.0. The van der Waals surface area contributed by atoms with E-state index >= 15 is 0 Å². The van der Waals surface area contributed by atoms with Crippen LogP contribution >= 0.6 is 0 Å². The fourth-order valence-electron chi connectivity index (χ4n) is 2.53. The number of hydrogen-bond acceptors (Lipinski definition) is 5. The predicted molar refractivity (Wildman–Crippen MR) is 98.5 cm³/mol. The van der Waals surface area contributed by atoms with Crippen LogP contribution in [0.25, 0.3) is 0 Å². The van der Waals surface area contributed by atoms with Gasteiger partial charge >= 0.3 is 5.97 Å². The van der Waals surface area contributed by atoms with Gasteiger partial charge in [-0.1, -0.05) is 6.07 Å². The summed E-state index contributed by atoms with van der Waals surface area (Å²) in [6.45, 7) is 6.24. The van der Waals surface area contributed by atoms with E-state index in [1.807, 2.05) is 19.9 Å². The molecule has 0 saturated carbocycles. The molecule has 0 aromatic heterocycles. The number of ether oxygens (including phenoxy) is 2. The van der Waals surface area contributed by atoms with Crippen molar-refractivity contribution in [2.24, 2.45) is 0 Å². The topological polar surface area (TPSA) is 91.6 Å². The summed E-state index contributed by atoms with van der Waals surface area (Å²) in [5.41, 5.74) is 0.249. The van der Waals surface area contributed by atoms with Crippen molar-refractivity contribution in [1.29, 1.82) is 5.26 Å². The number of carboxylic acids is 1. The molecule has 26 heavy (non-hydrogen) atoms. The second kappa shape index (κ2) is 8.26. The zero-order chi connectivity index (χ0) is 19.2. The first-order valence-corrected chi connectivity index (χ1v) is 8.36. The molecule has 0 aliphatic rings. The van der Waals surface area contributed by atoms with Crippen LogP contribution in [0, 0.1) is 11.3 Å². The van der Waals surface area contributed by atoms with Crippen molar-refractivity contribution in [3.05, 3.63) is 53.6 Å². The lowest BCUT2D eigenvalue weighted by Gasteiger charge is -2.29. The van der Waals surface area contributed by atoms with Gasteiger partial charge in [-0.2, -0.15) is 5.26 Å². The zero-order valence-electron chi connectivity index (χ0n) is 15.1. The standard InChI is InChI=1S/C20H22N2O4/c1-4-25-17-11-8-15(12-18(17)26-5-2)20(3,19(23)24)22-16-9-6-14(13-21)7-10-16/h6-12,22H,4-5H2,1-3H3,(H,23,24). The highest BCUT2D eigenvalue weighted by molar-refractivity contribution is 5.84. The number of aliphatic carboxylic acids is 1. The summed E-state index contributed by atoms with van der Waals surface area (Å²) < 4.78 is 11.1. The van der Waals surface area contributed by atoms with Crippen LogP contribution < -0.4 is 14.8 Å². The highest BCUT2D eigenvalue weighted by Gasteiger charge is 2.36. The van der Waals surface area contributed by atoms with E-state index in [4.69, 9.17) is 14.7 Å². The van der Waals surface area contributed by atoms with Crippen LogP contribution in [-0.4, -0.2) is 24.3 Å². The van der Waals surface area contributed by atoms with E-state index in [-0.39, 0.29) is 0 Å². The van der Waals surface area contributed by atoms with Crippen LogP contribution in [0.4, 0.5) is 5.69 Å². The zero-order valence-corrected chi connectivity index (χ0v) is 15.1. The minimum absolute atomic E-state index is 0.441. The normalized spacial score (nSPS) is 12.5. The molecule has 1 unspecified atom stereocenters. The van der Waals surface area contributed by atoms with Gasteiger partial charge in [0.2, 0.25) is 0 Å². The van der Waals surface area contributed by atoms with Crippen molar-refractivity contribution in [3.63, 3.8) is 0 Å². The molecule has 6 nitrogen and oxygen atoms in total. The van der Waals surface area contributed by atoms with Gasteiger partial charge in [0.25, 0.3) is 0 Å². The van der Waals surface area contributed by atoms with E-state index in [1.165, 1.54) is 0 Å². The van der Waals surface area contributed by atoms with E-state index in [2.05, 4.69) is 5.32 Å². The molecular formula is C20H22N2O4. The average Bonchev–Trinajstić information content (AvgIpc) is 2.64. The van der Waals surface area contributed by atoms with Gasteiger partial charge in [-0.25, -0.2) is 4.79 Å². The van der Waals surface area contributed by atoms with E-state index < -0.39 is 11.5 Å². The lowest BCUT2D eigenvalue weighted by molar-refractivity contribution is -0.142. The van der Waals surface area contributed by atoms with Crippen LogP contribution in [0.3, 0.4) is 0 Å². The Morgan fingerprint density at radius 3 is 2.27 bits per heavy atom. The van der Waals surface area contributed by atoms with Crippen molar-refractivity contribution in [3.8, 4) is 17.6 Å². The van der Waals surface area contributed by atoms with E-state index in [9.17, 15) is 9.90 Å². The van der Waals surface area contributed by atoms with Crippen molar-refractivity contribution in [1.82, 2.24) is 0 Å². The van der Waals surface area contributed by atoms with E-state index in [0.717, 1.165) is 0 Å². The number of anilines is 1. The highest BCUT2D eigenvalue weighted by atomic mass is 16.5. The summed E-state index contributed by atoms with van der Waals surface area (Å²) in [6.07, 6.45) is 0. The van der Waals surface area contributed by atoms with Gasteiger partial charge in [0.1, 0.15) is 0 Å². The molecule has 0 saturated heterocycles. The summed E-state index contributed by atoms with van der Waals surface area (Å²) >= 11 is 0. The molecule has 0 bridgehead atoms. The first kappa shape index (κ1) is 19.1. The third-order valence-electron chi connectivity index (χ3n) is 3.96. The Morgan fingerprint density at radius 2 is 1.73 bits per heavy atom. The van der Waals surface area contributed by atoms with Crippen molar-refractivity contribution >= 4 is 11.7 Å². The highest BCUT2D eigenvalue weighted by Crippen LogP contribution is 2.35. The van der Waals surface area contributed by atoms with Crippen LogP contribution in [0.5, 0.6) is 11.5 Å². The number of hydrogen-bond donors (Lipinski definition) is 2. The summed E-state index contributed by atoms with van der Waals surface area (Å²) in [7, 11) is 0. The monoisotopic (exact) mass is 354 g/mol. The van der Waals surface area contributed by atoms with Gasteiger partial charge in [0, 0.05) is 5.69 Å². The van der Waals surface area contributed by atoms with Gasteiger partial charge in [0.05, 0.1) is 24.8 Å². The maximum atomic E-state index is 12.0. The smallest absolute Gasteiger partial charge is 0.333 e. The van der Waals surface area contributed by atoms with Crippen LogP contribution in [0.15, 0.2) is 42.5 Å². The van der Waals surface area contributed by atoms with Gasteiger partial charge < -0.3 is 19.9 Å². The Balaban J connectivity index is 2.42. The molecule has 0 fully saturated rings. The lowest BCUT2D eigenvalue weighted by Crippen LogP contribution is -2.40. The molecule has 1 atom stereocenters. The molecule has 0 radical (unpaired) electrons. The number of nitrogens with zero attached hydrogens (tertiary/aromatic N) is 1. The fourth-order valence-corrected chi connectivity index (χ4v) is 2.53. The molecule has 0 aliphatic carbocycles. The SMILES string of the molecule is CCOc1ccc(C(C)(Nc2ccc(C#N)cc2)C(=O)O)cc1OCC. The minimum atomic E-state index is -1.38. The third kappa shape index (κ3) is 4.06. The number of benzene rings is 2. The Bertz CT molecular complexity index is 812.